The first-order valence-corrected chi connectivity index (χ1v) is 6.69. The van der Waals surface area contributed by atoms with Gasteiger partial charge in [0.25, 0.3) is 5.91 Å². The highest BCUT2D eigenvalue weighted by atomic mass is 32.1. The number of thiophene rings is 1. The van der Waals surface area contributed by atoms with Crippen molar-refractivity contribution in [2.45, 2.75) is 19.3 Å². The molecule has 0 bridgehead atoms. The number of amides is 1. The highest BCUT2D eigenvalue weighted by Gasteiger charge is 2.25. The number of carbonyl (C=O) groups excluding carboxylic acids is 1. The third-order valence-electron chi connectivity index (χ3n) is 3.40. The minimum atomic E-state index is -0.431. The third-order valence-corrected chi connectivity index (χ3v) is 4.61. The van der Waals surface area contributed by atoms with Crippen LogP contribution >= 0.6 is 11.3 Å². The lowest BCUT2D eigenvalue weighted by molar-refractivity contribution is 0.0711. The van der Waals surface area contributed by atoms with Gasteiger partial charge in [-0.15, -0.1) is 11.3 Å². The van der Waals surface area contributed by atoms with E-state index in [9.17, 15) is 4.79 Å². The Morgan fingerprint density at radius 3 is 3.00 bits per heavy atom. The molecule has 1 aliphatic carbocycles. The molecule has 1 aliphatic rings. The Balaban J connectivity index is 2.16. The number of benzene rings is 1. The zero-order valence-electron chi connectivity index (χ0n) is 9.93. The molecule has 18 heavy (non-hydrogen) atoms. The van der Waals surface area contributed by atoms with Gasteiger partial charge < -0.3 is 0 Å². The van der Waals surface area contributed by atoms with Crippen LogP contribution in [0, 0.1) is 0 Å². The standard InChI is InChI=1S/C14H13NO2S/c1-8-6-9-7-12(14(16)15-17)18-13(9)11-5-3-2-4-10(8)11/h2-5,7-8,17H,6H2,1H3,(H,15,16). The van der Waals surface area contributed by atoms with Gasteiger partial charge in [0, 0.05) is 4.88 Å². The first-order valence-electron chi connectivity index (χ1n) is 5.87. The van der Waals surface area contributed by atoms with E-state index in [0.29, 0.717) is 10.8 Å². The van der Waals surface area contributed by atoms with E-state index in [2.05, 4.69) is 25.1 Å². The molecular formula is C14H13NO2S. The van der Waals surface area contributed by atoms with Crippen LogP contribution in [0.5, 0.6) is 0 Å². The topological polar surface area (TPSA) is 49.3 Å². The van der Waals surface area contributed by atoms with Crippen molar-refractivity contribution < 1.29 is 10.0 Å². The normalized spacial score (nSPS) is 16.9. The van der Waals surface area contributed by atoms with E-state index in [0.717, 1.165) is 11.3 Å². The molecule has 0 spiro atoms. The molecule has 0 saturated heterocycles. The van der Waals surface area contributed by atoms with Crippen LogP contribution in [0.3, 0.4) is 0 Å². The first-order chi connectivity index (χ1) is 8.70. The maximum atomic E-state index is 11.5. The number of fused-ring (bicyclic) bond motifs is 3. The molecule has 3 rings (SSSR count). The van der Waals surface area contributed by atoms with Crippen LogP contribution in [0.4, 0.5) is 0 Å². The minimum absolute atomic E-state index is 0.431. The lowest BCUT2D eigenvalue weighted by atomic mass is 9.84. The molecule has 2 aromatic rings. The maximum Gasteiger partial charge on any atom is 0.284 e. The summed E-state index contributed by atoms with van der Waals surface area (Å²) in [4.78, 5) is 13.2. The highest BCUT2D eigenvalue weighted by Crippen LogP contribution is 2.43. The molecule has 1 amide bonds. The average Bonchev–Trinajstić information content (AvgIpc) is 2.82. The van der Waals surface area contributed by atoms with Gasteiger partial charge in [-0.25, -0.2) is 5.48 Å². The van der Waals surface area contributed by atoms with Crippen molar-refractivity contribution in [3.63, 3.8) is 0 Å². The van der Waals surface area contributed by atoms with Gasteiger partial charge in [-0.05, 0) is 35.1 Å². The largest absolute Gasteiger partial charge is 0.288 e. The van der Waals surface area contributed by atoms with Gasteiger partial charge in [-0.3, -0.25) is 10.0 Å². The molecule has 0 radical (unpaired) electrons. The van der Waals surface area contributed by atoms with Gasteiger partial charge in [-0.2, -0.15) is 0 Å². The highest BCUT2D eigenvalue weighted by molar-refractivity contribution is 7.17. The van der Waals surface area contributed by atoms with E-state index in [-0.39, 0.29) is 0 Å². The summed E-state index contributed by atoms with van der Waals surface area (Å²) in [5.41, 5.74) is 5.45. The molecule has 1 atom stereocenters. The van der Waals surface area contributed by atoms with Gasteiger partial charge in [-0.1, -0.05) is 31.2 Å². The van der Waals surface area contributed by atoms with Crippen LogP contribution in [-0.2, 0) is 6.42 Å². The summed E-state index contributed by atoms with van der Waals surface area (Å²) in [6, 6.07) is 10.2. The Morgan fingerprint density at radius 1 is 1.44 bits per heavy atom. The van der Waals surface area contributed by atoms with E-state index in [4.69, 9.17) is 5.21 Å². The van der Waals surface area contributed by atoms with Crippen LogP contribution in [0.1, 0.15) is 33.6 Å². The number of hydroxylamine groups is 1. The summed E-state index contributed by atoms with van der Waals surface area (Å²) in [6.07, 6.45) is 0.946. The fourth-order valence-electron chi connectivity index (χ4n) is 2.55. The van der Waals surface area contributed by atoms with Crippen molar-refractivity contribution in [1.82, 2.24) is 5.48 Å². The predicted octanol–water partition coefficient (Wildman–Crippen LogP) is 3.19. The van der Waals surface area contributed by atoms with Crippen molar-refractivity contribution in [3.05, 3.63) is 46.3 Å². The van der Waals surface area contributed by atoms with Crippen molar-refractivity contribution in [3.8, 4) is 10.4 Å². The van der Waals surface area contributed by atoms with Gasteiger partial charge in [0.15, 0.2) is 0 Å². The number of carbonyl (C=O) groups is 1. The second-order valence-corrected chi connectivity index (χ2v) is 5.65. The predicted molar refractivity (Wildman–Crippen MR) is 71.1 cm³/mol. The van der Waals surface area contributed by atoms with Gasteiger partial charge >= 0.3 is 0 Å². The monoisotopic (exact) mass is 259 g/mol. The zero-order chi connectivity index (χ0) is 12.7. The fourth-order valence-corrected chi connectivity index (χ4v) is 3.68. The van der Waals surface area contributed by atoms with Crippen LogP contribution in [0.25, 0.3) is 10.4 Å². The first kappa shape index (κ1) is 11.4. The maximum absolute atomic E-state index is 11.5. The lowest BCUT2D eigenvalue weighted by Crippen LogP contribution is -2.16. The molecule has 1 aromatic heterocycles. The van der Waals surface area contributed by atoms with Crippen LogP contribution in [0.15, 0.2) is 30.3 Å². The SMILES string of the molecule is CC1Cc2cc(C(=O)NO)sc2-c2ccccc21. The summed E-state index contributed by atoms with van der Waals surface area (Å²) in [5, 5.41) is 8.70. The fraction of sp³-hybridized carbons (Fsp3) is 0.214. The van der Waals surface area contributed by atoms with Crippen molar-refractivity contribution in [2.75, 3.05) is 0 Å². The molecule has 2 N–H and O–H groups in total. The third kappa shape index (κ3) is 1.65. The molecule has 92 valence electrons. The summed E-state index contributed by atoms with van der Waals surface area (Å²) >= 11 is 1.44. The quantitative estimate of drug-likeness (QED) is 0.610. The number of hydrogen-bond acceptors (Lipinski definition) is 3. The van der Waals surface area contributed by atoms with Gasteiger partial charge in [0.1, 0.15) is 0 Å². The molecule has 0 saturated carbocycles. The van der Waals surface area contributed by atoms with Gasteiger partial charge in [0.2, 0.25) is 0 Å². The summed E-state index contributed by atoms with van der Waals surface area (Å²) in [6.45, 7) is 2.20. The number of hydrogen-bond donors (Lipinski definition) is 2. The summed E-state index contributed by atoms with van der Waals surface area (Å²) in [7, 11) is 0. The Kier molecular flexibility index (Phi) is 2.69. The van der Waals surface area contributed by atoms with Gasteiger partial charge in [0.05, 0.1) is 4.88 Å². The molecule has 1 aromatic carbocycles. The average molecular weight is 259 g/mol. The van der Waals surface area contributed by atoms with E-state index in [1.807, 2.05) is 12.1 Å². The van der Waals surface area contributed by atoms with Crippen LogP contribution < -0.4 is 5.48 Å². The number of rotatable bonds is 1. The zero-order valence-corrected chi connectivity index (χ0v) is 10.8. The van der Waals surface area contributed by atoms with Crippen molar-refractivity contribution >= 4 is 17.2 Å². The van der Waals surface area contributed by atoms with E-state index in [1.54, 1.807) is 5.48 Å². The minimum Gasteiger partial charge on any atom is -0.288 e. The Morgan fingerprint density at radius 2 is 2.22 bits per heavy atom. The Hall–Kier alpha value is -1.65. The second-order valence-electron chi connectivity index (χ2n) is 4.60. The lowest BCUT2D eigenvalue weighted by Gasteiger charge is -2.22. The Bertz CT molecular complexity index is 618. The van der Waals surface area contributed by atoms with E-state index < -0.39 is 5.91 Å². The molecular weight excluding hydrogens is 246 g/mol. The molecule has 0 aliphatic heterocycles. The van der Waals surface area contributed by atoms with Crippen molar-refractivity contribution in [2.24, 2.45) is 0 Å². The molecule has 3 nitrogen and oxygen atoms in total. The molecule has 1 unspecified atom stereocenters. The Labute approximate surface area is 109 Å². The molecule has 4 heteroatoms. The second kappa shape index (κ2) is 4.23. The van der Waals surface area contributed by atoms with Crippen molar-refractivity contribution in [1.29, 1.82) is 0 Å². The summed E-state index contributed by atoms with van der Waals surface area (Å²) < 4.78 is 0. The molecule has 1 heterocycles. The van der Waals surface area contributed by atoms with E-state index in [1.165, 1.54) is 28.0 Å². The summed E-state index contributed by atoms with van der Waals surface area (Å²) in [5.74, 6) is 0.0351. The smallest absolute Gasteiger partial charge is 0.284 e. The van der Waals surface area contributed by atoms with Crippen LogP contribution in [0.2, 0.25) is 0 Å². The molecule has 0 fully saturated rings. The number of nitrogens with one attached hydrogen (secondary N) is 1. The van der Waals surface area contributed by atoms with Crippen LogP contribution in [-0.4, -0.2) is 11.1 Å². The van der Waals surface area contributed by atoms with E-state index >= 15 is 0 Å².